The number of amides is 1. The molecule has 1 aromatic carbocycles. The molecule has 2 aromatic rings. The number of benzene rings is 1. The number of methoxy groups -OCH3 is 1. The molecule has 1 aromatic heterocycles. The van der Waals surface area contributed by atoms with Crippen LogP contribution in [0.5, 0.6) is 11.5 Å². The number of rotatable bonds is 5. The number of hydrogen-bond donors (Lipinski definition) is 0. The Morgan fingerprint density at radius 3 is 2.78 bits per heavy atom. The van der Waals surface area contributed by atoms with Crippen molar-refractivity contribution in [2.45, 2.75) is 46.7 Å². The number of aryl methyl sites for hydroxylation is 1. The van der Waals surface area contributed by atoms with Gasteiger partial charge in [0.25, 0.3) is 0 Å². The molecule has 6 nitrogen and oxygen atoms in total. The lowest BCUT2D eigenvalue weighted by molar-refractivity contribution is -0.136. The van der Waals surface area contributed by atoms with Crippen molar-refractivity contribution in [3.63, 3.8) is 0 Å². The molecule has 0 fully saturated rings. The Morgan fingerprint density at radius 2 is 2.15 bits per heavy atom. The van der Waals surface area contributed by atoms with Gasteiger partial charge in [0.05, 0.1) is 18.7 Å². The van der Waals surface area contributed by atoms with Gasteiger partial charge < -0.3 is 14.4 Å². The molecule has 0 aliphatic carbocycles. The maximum absolute atomic E-state index is 13.0. The monoisotopic (exact) mass is 371 g/mol. The van der Waals surface area contributed by atoms with Gasteiger partial charge in [-0.15, -0.1) is 0 Å². The first kappa shape index (κ1) is 19.3. The molecule has 3 rings (SSSR count). The Hall–Kier alpha value is -2.50. The van der Waals surface area contributed by atoms with Gasteiger partial charge in [0.2, 0.25) is 5.91 Å². The molecule has 0 saturated heterocycles. The van der Waals surface area contributed by atoms with Crippen molar-refractivity contribution in [2.75, 3.05) is 20.8 Å². The second kappa shape index (κ2) is 7.62. The van der Waals surface area contributed by atoms with Gasteiger partial charge in [-0.3, -0.25) is 9.48 Å². The van der Waals surface area contributed by atoms with Crippen LogP contribution in [0.3, 0.4) is 0 Å². The number of para-hydroxylation sites is 1. The minimum atomic E-state index is -0.185. The molecule has 6 heteroatoms. The topological polar surface area (TPSA) is 56.6 Å². The number of fused-ring (bicyclic) bond motifs is 1. The van der Waals surface area contributed by atoms with Gasteiger partial charge >= 0.3 is 0 Å². The zero-order valence-electron chi connectivity index (χ0n) is 17.1. The summed E-state index contributed by atoms with van der Waals surface area (Å²) in [7, 11) is 3.49. The van der Waals surface area contributed by atoms with Gasteiger partial charge in [-0.05, 0) is 45.7 Å². The molecule has 1 aliphatic rings. The van der Waals surface area contributed by atoms with E-state index in [1.54, 1.807) is 12.0 Å². The summed E-state index contributed by atoms with van der Waals surface area (Å²) < 4.78 is 13.2. The van der Waals surface area contributed by atoms with E-state index >= 15 is 0 Å². The van der Waals surface area contributed by atoms with Crippen molar-refractivity contribution in [3.8, 4) is 11.5 Å². The van der Waals surface area contributed by atoms with Crippen molar-refractivity contribution in [1.82, 2.24) is 14.7 Å². The Kier molecular flexibility index (Phi) is 5.44. The van der Waals surface area contributed by atoms with E-state index in [1.807, 2.05) is 36.9 Å². The number of carbonyl (C=O) groups is 1. The van der Waals surface area contributed by atoms with E-state index in [4.69, 9.17) is 9.47 Å². The van der Waals surface area contributed by atoms with Crippen LogP contribution in [0.1, 0.15) is 42.4 Å². The molecule has 1 amide bonds. The number of aromatic nitrogens is 2. The highest BCUT2D eigenvalue weighted by Crippen LogP contribution is 2.36. The molecular formula is C21H29N3O3. The molecule has 146 valence electrons. The third-order valence-corrected chi connectivity index (χ3v) is 5.26. The summed E-state index contributed by atoms with van der Waals surface area (Å²) in [5.41, 5.74) is 4.25. The van der Waals surface area contributed by atoms with Crippen LogP contribution < -0.4 is 9.47 Å². The number of nitrogens with zero attached hydrogens (tertiary/aromatic N) is 3. The molecule has 0 radical (unpaired) electrons. The molecule has 27 heavy (non-hydrogen) atoms. The van der Waals surface area contributed by atoms with Gasteiger partial charge in [0, 0.05) is 30.9 Å². The molecule has 1 aliphatic heterocycles. The zero-order chi connectivity index (χ0) is 19.7. The summed E-state index contributed by atoms with van der Waals surface area (Å²) in [6.45, 7) is 9.24. The molecule has 0 N–H and O–H groups in total. The summed E-state index contributed by atoms with van der Waals surface area (Å²) in [5, 5.41) is 4.62. The first-order valence-electron chi connectivity index (χ1n) is 9.41. The molecular weight excluding hydrogens is 342 g/mol. The van der Waals surface area contributed by atoms with E-state index in [0.29, 0.717) is 25.6 Å². The van der Waals surface area contributed by atoms with Crippen LogP contribution in [0.4, 0.5) is 0 Å². The van der Waals surface area contributed by atoms with Gasteiger partial charge in [-0.25, -0.2) is 0 Å². The van der Waals surface area contributed by atoms with Crippen LogP contribution in [0.2, 0.25) is 0 Å². The maximum atomic E-state index is 13.0. The highest BCUT2D eigenvalue weighted by Gasteiger charge is 2.30. The SMILES string of the molecule is COc1cccc2c1OC[C@H](C(=O)N(C)Cc1c(C)nn(C(C)C)c1C)C2. The number of hydrogen-bond acceptors (Lipinski definition) is 4. The van der Waals surface area contributed by atoms with Crippen LogP contribution in [0, 0.1) is 19.8 Å². The predicted molar refractivity (Wildman–Crippen MR) is 104 cm³/mol. The van der Waals surface area contributed by atoms with Crippen molar-refractivity contribution in [3.05, 3.63) is 40.7 Å². The highest BCUT2D eigenvalue weighted by molar-refractivity contribution is 5.79. The van der Waals surface area contributed by atoms with Crippen molar-refractivity contribution >= 4 is 5.91 Å². The van der Waals surface area contributed by atoms with Crippen LogP contribution in [-0.2, 0) is 17.8 Å². The lowest BCUT2D eigenvalue weighted by Crippen LogP contribution is -2.38. The summed E-state index contributed by atoms with van der Waals surface area (Å²) in [5.74, 6) is 1.39. The second-order valence-corrected chi connectivity index (χ2v) is 7.54. The van der Waals surface area contributed by atoms with E-state index in [0.717, 1.165) is 34.0 Å². The fourth-order valence-corrected chi connectivity index (χ4v) is 3.77. The minimum Gasteiger partial charge on any atom is -0.493 e. The summed E-state index contributed by atoms with van der Waals surface area (Å²) in [4.78, 5) is 14.8. The van der Waals surface area contributed by atoms with Gasteiger partial charge in [0.1, 0.15) is 6.61 Å². The van der Waals surface area contributed by atoms with E-state index in [9.17, 15) is 4.79 Å². The van der Waals surface area contributed by atoms with Crippen LogP contribution in [-0.4, -0.2) is 41.4 Å². The van der Waals surface area contributed by atoms with Gasteiger partial charge in [0.15, 0.2) is 11.5 Å². The van der Waals surface area contributed by atoms with E-state index in [-0.39, 0.29) is 11.8 Å². The standard InChI is InChI=1S/C21H29N3O3/c1-13(2)24-15(4)18(14(3)22-24)11-23(5)21(25)17-10-16-8-7-9-19(26-6)20(16)27-12-17/h7-9,13,17H,10-12H2,1-6H3/t17-/m1/s1. The Labute approximate surface area is 161 Å². The second-order valence-electron chi connectivity index (χ2n) is 7.54. The van der Waals surface area contributed by atoms with E-state index in [2.05, 4.69) is 25.9 Å². The van der Waals surface area contributed by atoms with E-state index in [1.165, 1.54) is 0 Å². The minimum absolute atomic E-state index is 0.0968. The van der Waals surface area contributed by atoms with Crippen molar-refractivity contribution in [1.29, 1.82) is 0 Å². The van der Waals surface area contributed by atoms with Gasteiger partial charge in [-0.1, -0.05) is 12.1 Å². The predicted octanol–water partition coefficient (Wildman–Crippen LogP) is 3.30. The Bertz CT molecular complexity index is 841. The molecule has 0 spiro atoms. The fourth-order valence-electron chi connectivity index (χ4n) is 3.77. The summed E-state index contributed by atoms with van der Waals surface area (Å²) >= 11 is 0. The first-order valence-corrected chi connectivity index (χ1v) is 9.41. The summed E-state index contributed by atoms with van der Waals surface area (Å²) in [6.07, 6.45) is 0.666. The fraction of sp³-hybridized carbons (Fsp3) is 0.524. The molecule has 0 bridgehead atoms. The van der Waals surface area contributed by atoms with Crippen LogP contribution in [0.25, 0.3) is 0 Å². The smallest absolute Gasteiger partial charge is 0.229 e. The average Bonchev–Trinajstić information content (AvgIpc) is 2.94. The van der Waals surface area contributed by atoms with Crippen molar-refractivity contribution in [2.24, 2.45) is 5.92 Å². The Morgan fingerprint density at radius 1 is 1.41 bits per heavy atom. The van der Waals surface area contributed by atoms with Gasteiger partial charge in [-0.2, -0.15) is 5.10 Å². The quantitative estimate of drug-likeness (QED) is 0.809. The Balaban J connectivity index is 1.73. The normalized spacial score (nSPS) is 16.0. The lowest BCUT2D eigenvalue weighted by atomic mass is 9.95. The van der Waals surface area contributed by atoms with Crippen LogP contribution >= 0.6 is 0 Å². The molecule has 0 unspecified atom stereocenters. The third-order valence-electron chi connectivity index (χ3n) is 5.26. The average molecular weight is 371 g/mol. The van der Waals surface area contributed by atoms with E-state index < -0.39 is 0 Å². The number of ether oxygens (including phenoxy) is 2. The highest BCUT2D eigenvalue weighted by atomic mass is 16.5. The molecule has 0 saturated carbocycles. The zero-order valence-corrected chi connectivity index (χ0v) is 17.1. The lowest BCUT2D eigenvalue weighted by Gasteiger charge is -2.29. The van der Waals surface area contributed by atoms with Crippen molar-refractivity contribution < 1.29 is 14.3 Å². The first-order chi connectivity index (χ1) is 12.8. The summed E-state index contributed by atoms with van der Waals surface area (Å²) in [6, 6.07) is 6.12. The third kappa shape index (κ3) is 3.66. The molecule has 1 atom stereocenters. The number of carbonyl (C=O) groups excluding carboxylic acids is 1. The van der Waals surface area contributed by atoms with Crippen LogP contribution in [0.15, 0.2) is 18.2 Å². The molecule has 2 heterocycles. The maximum Gasteiger partial charge on any atom is 0.229 e. The largest absolute Gasteiger partial charge is 0.493 e.